The van der Waals surface area contributed by atoms with Crippen molar-refractivity contribution in [3.8, 4) is 0 Å². The highest BCUT2D eigenvalue weighted by Crippen LogP contribution is 2.21. The highest BCUT2D eigenvalue weighted by Gasteiger charge is 2.21. The summed E-state index contributed by atoms with van der Waals surface area (Å²) in [6, 6.07) is 16.9. The van der Waals surface area contributed by atoms with Gasteiger partial charge in [-0.3, -0.25) is 4.79 Å². The van der Waals surface area contributed by atoms with Crippen LogP contribution in [0.3, 0.4) is 0 Å². The largest absolute Gasteiger partial charge is 0.368 e. The van der Waals surface area contributed by atoms with Crippen molar-refractivity contribution in [1.82, 2.24) is 4.90 Å². The molecule has 0 atom stereocenters. The molecule has 24 heavy (non-hydrogen) atoms. The van der Waals surface area contributed by atoms with E-state index in [1.54, 1.807) is 0 Å². The number of hydrogen-bond donors (Lipinski definition) is 0. The summed E-state index contributed by atoms with van der Waals surface area (Å²) in [6.07, 6.45) is 1.44. The first-order valence-electron chi connectivity index (χ1n) is 8.77. The monoisotopic (exact) mass is 322 g/mol. The molecule has 0 unspecified atom stereocenters. The Morgan fingerprint density at radius 2 is 1.71 bits per heavy atom. The third kappa shape index (κ3) is 3.97. The second-order valence-corrected chi connectivity index (χ2v) is 6.64. The number of rotatable bonds is 4. The molecule has 2 aromatic rings. The van der Waals surface area contributed by atoms with E-state index >= 15 is 0 Å². The van der Waals surface area contributed by atoms with Crippen LogP contribution in [0.4, 0.5) is 5.69 Å². The van der Waals surface area contributed by atoms with E-state index in [4.69, 9.17) is 0 Å². The van der Waals surface area contributed by atoms with Gasteiger partial charge in [-0.25, -0.2) is 0 Å². The maximum absolute atomic E-state index is 12.5. The summed E-state index contributed by atoms with van der Waals surface area (Å²) in [7, 11) is 0. The van der Waals surface area contributed by atoms with Gasteiger partial charge in [0.25, 0.3) is 0 Å². The Bertz CT molecular complexity index is 702. The summed E-state index contributed by atoms with van der Waals surface area (Å²) >= 11 is 0. The number of anilines is 1. The van der Waals surface area contributed by atoms with Crippen LogP contribution < -0.4 is 4.90 Å². The van der Waals surface area contributed by atoms with Gasteiger partial charge in [-0.1, -0.05) is 48.0 Å². The zero-order chi connectivity index (χ0) is 16.9. The van der Waals surface area contributed by atoms with Crippen molar-refractivity contribution in [2.24, 2.45) is 0 Å². The molecule has 0 saturated carbocycles. The van der Waals surface area contributed by atoms with E-state index in [0.29, 0.717) is 6.42 Å². The van der Waals surface area contributed by atoms with Crippen LogP contribution in [0.5, 0.6) is 0 Å². The van der Waals surface area contributed by atoms with Crippen LogP contribution in [0.15, 0.2) is 48.5 Å². The number of nitrogens with zero attached hydrogens (tertiary/aromatic N) is 2. The zero-order valence-electron chi connectivity index (χ0n) is 14.7. The first-order valence-corrected chi connectivity index (χ1v) is 8.77. The highest BCUT2D eigenvalue weighted by atomic mass is 16.2. The van der Waals surface area contributed by atoms with Crippen LogP contribution in [-0.4, -0.2) is 37.0 Å². The lowest BCUT2D eigenvalue weighted by Crippen LogP contribution is -2.49. The van der Waals surface area contributed by atoms with Gasteiger partial charge in [0.1, 0.15) is 0 Å². The van der Waals surface area contributed by atoms with E-state index in [-0.39, 0.29) is 5.91 Å². The lowest BCUT2D eigenvalue weighted by molar-refractivity contribution is -0.131. The fraction of sp³-hybridized carbons (Fsp3) is 0.381. The fourth-order valence-corrected chi connectivity index (χ4v) is 3.39. The summed E-state index contributed by atoms with van der Waals surface area (Å²) in [5.74, 6) is 0.279. The fourth-order valence-electron chi connectivity index (χ4n) is 3.39. The molecule has 0 radical (unpaired) electrons. The molecule has 3 nitrogen and oxygen atoms in total. The minimum atomic E-state index is 0.279. The van der Waals surface area contributed by atoms with E-state index in [1.807, 2.05) is 4.90 Å². The van der Waals surface area contributed by atoms with Gasteiger partial charge in [0.2, 0.25) is 5.91 Å². The number of carbonyl (C=O) groups excluding carboxylic acids is 1. The zero-order valence-corrected chi connectivity index (χ0v) is 14.7. The van der Waals surface area contributed by atoms with Crippen LogP contribution in [0, 0.1) is 13.8 Å². The van der Waals surface area contributed by atoms with Crippen molar-refractivity contribution in [2.75, 3.05) is 31.1 Å². The molecule has 1 heterocycles. The van der Waals surface area contributed by atoms with Gasteiger partial charge in [-0.05, 0) is 37.5 Å². The molecule has 3 heteroatoms. The third-order valence-corrected chi connectivity index (χ3v) is 4.80. The summed E-state index contributed by atoms with van der Waals surface area (Å²) in [5, 5.41) is 0. The summed E-state index contributed by atoms with van der Waals surface area (Å²) in [5.41, 5.74) is 5.11. The first-order chi connectivity index (χ1) is 11.6. The average Bonchev–Trinajstić information content (AvgIpc) is 2.60. The van der Waals surface area contributed by atoms with E-state index in [9.17, 15) is 4.79 Å². The standard InChI is InChI=1S/C21H26N2O/c1-17-6-5-8-19(16-17)10-11-21(24)23-14-12-22(13-15-23)20-9-4-3-7-18(20)2/h3-9,16H,10-15H2,1-2H3. The minimum Gasteiger partial charge on any atom is -0.368 e. The molecule has 3 rings (SSSR count). The molecular weight excluding hydrogens is 296 g/mol. The van der Waals surface area contributed by atoms with Crippen molar-refractivity contribution in [3.63, 3.8) is 0 Å². The number of aryl methyl sites for hydroxylation is 3. The molecular formula is C21H26N2O. The molecule has 1 aliphatic rings. The maximum Gasteiger partial charge on any atom is 0.223 e. The van der Waals surface area contributed by atoms with Crippen molar-refractivity contribution < 1.29 is 4.79 Å². The molecule has 0 bridgehead atoms. The number of piperazine rings is 1. The Hall–Kier alpha value is -2.29. The van der Waals surface area contributed by atoms with Crippen molar-refractivity contribution >= 4 is 11.6 Å². The van der Waals surface area contributed by atoms with Crippen molar-refractivity contribution in [3.05, 3.63) is 65.2 Å². The highest BCUT2D eigenvalue weighted by molar-refractivity contribution is 5.76. The summed E-state index contributed by atoms with van der Waals surface area (Å²) in [4.78, 5) is 16.9. The maximum atomic E-state index is 12.5. The molecule has 1 amide bonds. The van der Waals surface area contributed by atoms with E-state index in [0.717, 1.165) is 32.6 Å². The van der Waals surface area contributed by atoms with Gasteiger partial charge in [0.15, 0.2) is 0 Å². The van der Waals surface area contributed by atoms with Gasteiger partial charge >= 0.3 is 0 Å². The van der Waals surface area contributed by atoms with Gasteiger partial charge in [-0.2, -0.15) is 0 Å². The number of para-hydroxylation sites is 1. The molecule has 126 valence electrons. The molecule has 0 spiro atoms. The molecule has 0 N–H and O–H groups in total. The van der Waals surface area contributed by atoms with E-state index in [2.05, 4.69) is 67.3 Å². The smallest absolute Gasteiger partial charge is 0.223 e. The predicted molar refractivity (Wildman–Crippen MR) is 99.5 cm³/mol. The quantitative estimate of drug-likeness (QED) is 0.859. The number of carbonyl (C=O) groups is 1. The molecule has 2 aromatic carbocycles. The molecule has 1 saturated heterocycles. The summed E-state index contributed by atoms with van der Waals surface area (Å²) < 4.78 is 0. The van der Waals surface area contributed by atoms with Crippen molar-refractivity contribution in [1.29, 1.82) is 0 Å². The predicted octanol–water partition coefficient (Wildman–Crippen LogP) is 3.58. The number of hydrogen-bond acceptors (Lipinski definition) is 2. The Labute approximate surface area is 144 Å². The van der Waals surface area contributed by atoms with Crippen LogP contribution in [0.25, 0.3) is 0 Å². The SMILES string of the molecule is Cc1cccc(CCC(=O)N2CCN(c3ccccc3C)CC2)c1. The van der Waals surface area contributed by atoms with Gasteiger partial charge in [-0.15, -0.1) is 0 Å². The van der Waals surface area contributed by atoms with Gasteiger partial charge in [0, 0.05) is 38.3 Å². The van der Waals surface area contributed by atoms with Crippen LogP contribution in [0.2, 0.25) is 0 Å². The van der Waals surface area contributed by atoms with Crippen molar-refractivity contribution in [2.45, 2.75) is 26.7 Å². The average molecular weight is 322 g/mol. The van der Waals surface area contributed by atoms with Crippen LogP contribution in [0.1, 0.15) is 23.1 Å². The molecule has 1 fully saturated rings. The van der Waals surface area contributed by atoms with E-state index < -0.39 is 0 Å². The Morgan fingerprint density at radius 3 is 2.42 bits per heavy atom. The van der Waals surface area contributed by atoms with E-state index in [1.165, 1.54) is 22.4 Å². The number of amides is 1. The number of benzene rings is 2. The molecule has 0 aliphatic carbocycles. The Morgan fingerprint density at radius 1 is 0.958 bits per heavy atom. The topological polar surface area (TPSA) is 23.6 Å². The van der Waals surface area contributed by atoms with Gasteiger partial charge < -0.3 is 9.80 Å². The second kappa shape index (κ2) is 7.52. The molecule has 1 aliphatic heterocycles. The normalized spacial score (nSPS) is 14.8. The Balaban J connectivity index is 1.51. The van der Waals surface area contributed by atoms with Crippen LogP contribution >= 0.6 is 0 Å². The minimum absolute atomic E-state index is 0.279. The lowest BCUT2D eigenvalue weighted by Gasteiger charge is -2.37. The lowest BCUT2D eigenvalue weighted by atomic mass is 10.1. The van der Waals surface area contributed by atoms with Crippen LogP contribution in [-0.2, 0) is 11.2 Å². The van der Waals surface area contributed by atoms with Gasteiger partial charge in [0.05, 0.1) is 0 Å². The third-order valence-electron chi connectivity index (χ3n) is 4.80. The second-order valence-electron chi connectivity index (χ2n) is 6.64. The summed E-state index contributed by atoms with van der Waals surface area (Å²) in [6.45, 7) is 7.72. The first kappa shape index (κ1) is 16.6. The molecule has 0 aromatic heterocycles. The Kier molecular flexibility index (Phi) is 5.19.